The number of hydrogen-bond acceptors (Lipinski definition) is 5. The van der Waals surface area contributed by atoms with Crippen LogP contribution in [0.25, 0.3) is 0 Å². The van der Waals surface area contributed by atoms with Crippen LogP contribution in [0.4, 0.5) is 5.69 Å². The number of hydrogen-bond donors (Lipinski definition) is 2. The van der Waals surface area contributed by atoms with E-state index in [2.05, 4.69) is 15.6 Å². The molecular formula is C14H14N4OS. The first-order chi connectivity index (χ1) is 9.69. The number of aliphatic imine (C=N–C) groups is 1. The van der Waals surface area contributed by atoms with Crippen LogP contribution in [0, 0.1) is 18.3 Å². The maximum atomic E-state index is 12.0. The van der Waals surface area contributed by atoms with Gasteiger partial charge in [-0.3, -0.25) is 9.79 Å². The van der Waals surface area contributed by atoms with Gasteiger partial charge >= 0.3 is 0 Å². The Kier molecular flexibility index (Phi) is 4.80. The van der Waals surface area contributed by atoms with E-state index in [4.69, 9.17) is 5.26 Å². The highest BCUT2D eigenvalue weighted by Crippen LogP contribution is 2.11. The first-order valence-corrected chi connectivity index (χ1v) is 7.09. The number of nitrogens with one attached hydrogen (secondary N) is 2. The van der Waals surface area contributed by atoms with E-state index in [1.807, 2.05) is 31.2 Å². The van der Waals surface area contributed by atoms with E-state index in [0.717, 1.165) is 23.0 Å². The highest BCUT2D eigenvalue weighted by Gasteiger charge is 2.11. The van der Waals surface area contributed by atoms with E-state index < -0.39 is 5.91 Å². The van der Waals surface area contributed by atoms with Crippen LogP contribution in [-0.4, -0.2) is 23.4 Å². The van der Waals surface area contributed by atoms with Gasteiger partial charge in [-0.05, 0) is 24.6 Å². The number of rotatable bonds is 3. The highest BCUT2D eigenvalue weighted by molar-refractivity contribution is 8.14. The van der Waals surface area contributed by atoms with Gasteiger partial charge < -0.3 is 10.6 Å². The molecule has 0 saturated carbocycles. The van der Waals surface area contributed by atoms with Gasteiger partial charge in [-0.25, -0.2) is 0 Å². The minimum absolute atomic E-state index is 0.0155. The largest absolute Gasteiger partial charge is 0.340 e. The molecule has 1 aromatic rings. The zero-order valence-electron chi connectivity index (χ0n) is 11.0. The number of aryl methyl sites for hydroxylation is 1. The Morgan fingerprint density at radius 2 is 2.40 bits per heavy atom. The molecule has 1 aromatic carbocycles. The minimum Gasteiger partial charge on any atom is -0.340 e. The number of nitrogens with zero attached hydrogens (tertiary/aromatic N) is 2. The summed E-state index contributed by atoms with van der Waals surface area (Å²) in [4.78, 5) is 16.2. The number of carbonyl (C=O) groups is 1. The molecule has 20 heavy (non-hydrogen) atoms. The second-order valence-corrected chi connectivity index (χ2v) is 5.26. The standard InChI is InChI=1S/C14H14N4OS/c1-10-3-2-4-12(7-10)18-13(19)11(8-15)9-17-14-16-5-6-20-14/h2-4,7,9H,5-6H2,1H3,(H,16,17)(H,18,19)/b11-9-. The molecule has 1 aliphatic heterocycles. The van der Waals surface area contributed by atoms with Crippen LogP contribution in [-0.2, 0) is 4.79 Å². The Hall–Kier alpha value is -2.26. The fourth-order valence-electron chi connectivity index (χ4n) is 1.63. The topological polar surface area (TPSA) is 77.3 Å². The SMILES string of the molecule is Cc1cccc(NC(=O)/C(C#N)=C\NC2=NCCS2)c1. The molecule has 102 valence electrons. The monoisotopic (exact) mass is 286 g/mol. The van der Waals surface area contributed by atoms with E-state index in [1.54, 1.807) is 17.8 Å². The molecule has 0 fully saturated rings. The molecule has 1 heterocycles. The van der Waals surface area contributed by atoms with Crippen molar-refractivity contribution in [2.75, 3.05) is 17.6 Å². The van der Waals surface area contributed by atoms with Gasteiger partial charge in [0.25, 0.3) is 5.91 Å². The summed E-state index contributed by atoms with van der Waals surface area (Å²) in [5.41, 5.74) is 1.73. The average molecular weight is 286 g/mol. The molecular weight excluding hydrogens is 272 g/mol. The predicted octanol–water partition coefficient (Wildman–Crippen LogP) is 2.03. The molecule has 2 rings (SSSR count). The van der Waals surface area contributed by atoms with Crippen LogP contribution < -0.4 is 10.6 Å². The molecule has 0 bridgehead atoms. The summed E-state index contributed by atoms with van der Waals surface area (Å²) in [6.45, 7) is 2.70. The van der Waals surface area contributed by atoms with Gasteiger partial charge in [0.1, 0.15) is 11.6 Å². The summed E-state index contributed by atoms with van der Waals surface area (Å²) >= 11 is 1.57. The molecule has 5 nitrogen and oxygen atoms in total. The number of amidine groups is 1. The van der Waals surface area contributed by atoms with Crippen molar-refractivity contribution in [2.45, 2.75) is 6.92 Å². The zero-order valence-corrected chi connectivity index (χ0v) is 11.8. The average Bonchev–Trinajstić information content (AvgIpc) is 2.92. The lowest BCUT2D eigenvalue weighted by Crippen LogP contribution is -2.18. The van der Waals surface area contributed by atoms with Gasteiger partial charge in [0.05, 0.1) is 6.54 Å². The number of carbonyl (C=O) groups excluding carboxylic acids is 1. The Bertz CT molecular complexity index is 616. The van der Waals surface area contributed by atoms with E-state index >= 15 is 0 Å². The van der Waals surface area contributed by atoms with Gasteiger partial charge in [0.2, 0.25) is 0 Å². The quantitative estimate of drug-likeness (QED) is 0.658. The van der Waals surface area contributed by atoms with E-state index in [9.17, 15) is 4.79 Å². The zero-order chi connectivity index (χ0) is 14.4. The molecule has 0 aliphatic carbocycles. The van der Waals surface area contributed by atoms with Gasteiger partial charge in [-0.2, -0.15) is 5.26 Å². The number of amides is 1. The van der Waals surface area contributed by atoms with Crippen molar-refractivity contribution in [1.82, 2.24) is 5.32 Å². The van der Waals surface area contributed by atoms with E-state index in [-0.39, 0.29) is 5.57 Å². The smallest absolute Gasteiger partial charge is 0.267 e. The third kappa shape index (κ3) is 3.87. The second kappa shape index (κ2) is 6.78. The Balaban J connectivity index is 2.02. The lowest BCUT2D eigenvalue weighted by atomic mass is 10.2. The van der Waals surface area contributed by atoms with Crippen LogP contribution in [0.2, 0.25) is 0 Å². The third-order valence-corrected chi connectivity index (χ3v) is 3.47. The molecule has 1 aliphatic rings. The Morgan fingerprint density at radius 3 is 3.05 bits per heavy atom. The fourth-order valence-corrected chi connectivity index (χ4v) is 2.33. The number of anilines is 1. The summed E-state index contributed by atoms with van der Waals surface area (Å²) in [6, 6.07) is 9.30. The lowest BCUT2D eigenvalue weighted by molar-refractivity contribution is -0.112. The van der Waals surface area contributed by atoms with Crippen molar-refractivity contribution in [3.63, 3.8) is 0 Å². The Morgan fingerprint density at radius 1 is 1.55 bits per heavy atom. The predicted molar refractivity (Wildman–Crippen MR) is 81.4 cm³/mol. The van der Waals surface area contributed by atoms with E-state index in [1.165, 1.54) is 6.20 Å². The summed E-state index contributed by atoms with van der Waals surface area (Å²) in [5, 5.41) is 15.3. The van der Waals surface area contributed by atoms with Crippen molar-refractivity contribution in [1.29, 1.82) is 5.26 Å². The number of thioether (sulfide) groups is 1. The number of benzene rings is 1. The summed E-state index contributed by atoms with van der Waals surface area (Å²) in [6.07, 6.45) is 1.39. The van der Waals surface area contributed by atoms with Crippen LogP contribution in [0.5, 0.6) is 0 Å². The molecule has 0 radical (unpaired) electrons. The van der Waals surface area contributed by atoms with Crippen LogP contribution >= 0.6 is 11.8 Å². The second-order valence-electron chi connectivity index (χ2n) is 4.17. The molecule has 1 amide bonds. The summed E-state index contributed by atoms with van der Waals surface area (Å²) in [5.74, 6) is 0.488. The van der Waals surface area contributed by atoms with Gasteiger partial charge in [-0.1, -0.05) is 23.9 Å². The molecule has 0 saturated heterocycles. The fraction of sp³-hybridized carbons (Fsp3) is 0.214. The van der Waals surface area contributed by atoms with Gasteiger partial charge in [0.15, 0.2) is 5.17 Å². The molecule has 6 heteroatoms. The highest BCUT2D eigenvalue weighted by atomic mass is 32.2. The van der Waals surface area contributed by atoms with Crippen LogP contribution in [0.15, 0.2) is 41.0 Å². The normalized spacial score (nSPS) is 14.4. The van der Waals surface area contributed by atoms with Gasteiger partial charge in [-0.15, -0.1) is 0 Å². The maximum Gasteiger partial charge on any atom is 0.267 e. The summed E-state index contributed by atoms with van der Waals surface area (Å²) in [7, 11) is 0. The van der Waals surface area contributed by atoms with Crippen molar-refractivity contribution >= 4 is 28.5 Å². The molecule has 0 aromatic heterocycles. The van der Waals surface area contributed by atoms with Crippen molar-refractivity contribution in [3.05, 3.63) is 41.6 Å². The first-order valence-electron chi connectivity index (χ1n) is 6.11. The van der Waals surface area contributed by atoms with Crippen molar-refractivity contribution in [2.24, 2.45) is 4.99 Å². The molecule has 2 N–H and O–H groups in total. The molecule has 0 atom stereocenters. The Labute approximate surface area is 121 Å². The lowest BCUT2D eigenvalue weighted by Gasteiger charge is -2.05. The van der Waals surface area contributed by atoms with Crippen molar-refractivity contribution in [3.8, 4) is 6.07 Å². The molecule has 0 unspecified atom stereocenters. The van der Waals surface area contributed by atoms with Crippen LogP contribution in [0.3, 0.4) is 0 Å². The van der Waals surface area contributed by atoms with Crippen LogP contribution in [0.1, 0.15) is 5.56 Å². The summed E-state index contributed by atoms with van der Waals surface area (Å²) < 4.78 is 0. The minimum atomic E-state index is -0.436. The van der Waals surface area contributed by atoms with Gasteiger partial charge in [0, 0.05) is 17.6 Å². The van der Waals surface area contributed by atoms with Crippen molar-refractivity contribution < 1.29 is 4.79 Å². The molecule has 0 spiro atoms. The maximum absolute atomic E-state index is 12.0. The van der Waals surface area contributed by atoms with E-state index in [0.29, 0.717) is 5.69 Å². The first kappa shape index (κ1) is 14.2. The number of nitriles is 1. The third-order valence-electron chi connectivity index (χ3n) is 2.57.